The van der Waals surface area contributed by atoms with Gasteiger partial charge in [-0.3, -0.25) is 0 Å². The van der Waals surface area contributed by atoms with Gasteiger partial charge in [0.2, 0.25) is 5.89 Å². The molecule has 0 unspecified atom stereocenters. The summed E-state index contributed by atoms with van der Waals surface area (Å²) in [6, 6.07) is 2.74. The molecule has 102 valence electrons. The average Bonchev–Trinajstić information content (AvgIpc) is 2.75. The first-order valence-corrected chi connectivity index (χ1v) is 6.71. The number of rotatable bonds is 4. The molecule has 0 aliphatic heterocycles. The monoisotopic (exact) mass is 289 g/mol. The number of halogens is 2. The Bertz CT molecular complexity index is 680. The molecule has 1 aromatic heterocycles. The van der Waals surface area contributed by atoms with Crippen LogP contribution in [-0.4, -0.2) is 18.6 Å². The van der Waals surface area contributed by atoms with Crippen LogP contribution in [0.2, 0.25) is 0 Å². The van der Waals surface area contributed by atoms with Gasteiger partial charge >= 0.3 is 0 Å². The van der Waals surface area contributed by atoms with Crippen LogP contribution in [0.4, 0.5) is 14.7 Å². The predicted molar refractivity (Wildman–Crippen MR) is 60.8 cm³/mol. The minimum Gasteiger partial charge on any atom is -0.337 e. The van der Waals surface area contributed by atoms with Crippen LogP contribution in [0.25, 0.3) is 0 Å². The summed E-state index contributed by atoms with van der Waals surface area (Å²) in [5.74, 6) is -2.58. The molecule has 1 N–H and O–H groups in total. The quantitative estimate of drug-likeness (QED) is 0.926. The summed E-state index contributed by atoms with van der Waals surface area (Å²) in [6.45, 7) is 1.72. The molecule has 1 aromatic carbocycles. The fraction of sp³-hybridized carbons (Fsp3) is 0.200. The van der Waals surface area contributed by atoms with Crippen LogP contribution in [0.3, 0.4) is 0 Å². The van der Waals surface area contributed by atoms with E-state index in [0.29, 0.717) is 6.42 Å². The van der Waals surface area contributed by atoms with Gasteiger partial charge in [-0.2, -0.15) is 4.98 Å². The summed E-state index contributed by atoms with van der Waals surface area (Å²) >= 11 is 0. The minimum absolute atomic E-state index is 0.201. The third-order valence-corrected chi connectivity index (χ3v) is 3.56. The van der Waals surface area contributed by atoms with Gasteiger partial charge in [0.25, 0.3) is 16.0 Å². The number of benzene rings is 1. The molecule has 0 radical (unpaired) electrons. The molecular formula is C10H9F2N3O3S. The molecule has 0 saturated carbocycles. The lowest BCUT2D eigenvalue weighted by Crippen LogP contribution is -2.17. The van der Waals surface area contributed by atoms with Gasteiger partial charge in [-0.05, 0) is 17.3 Å². The van der Waals surface area contributed by atoms with Gasteiger partial charge in [0, 0.05) is 6.42 Å². The average molecular weight is 289 g/mol. The van der Waals surface area contributed by atoms with E-state index < -0.39 is 26.6 Å². The third kappa shape index (κ3) is 2.70. The van der Waals surface area contributed by atoms with Crippen molar-refractivity contribution in [3.63, 3.8) is 0 Å². The number of hydrogen-bond donors (Lipinski definition) is 1. The fourth-order valence-electron chi connectivity index (χ4n) is 1.35. The van der Waals surface area contributed by atoms with Crippen molar-refractivity contribution in [1.82, 2.24) is 10.1 Å². The van der Waals surface area contributed by atoms with E-state index in [1.54, 1.807) is 6.92 Å². The molecule has 0 fully saturated rings. The first-order valence-electron chi connectivity index (χ1n) is 5.23. The maximum atomic E-state index is 13.4. The summed E-state index contributed by atoms with van der Waals surface area (Å²) in [4.78, 5) is 2.60. The van der Waals surface area contributed by atoms with E-state index in [1.165, 1.54) is 0 Å². The topological polar surface area (TPSA) is 85.1 Å². The predicted octanol–water partition coefficient (Wildman–Crippen LogP) is 1.71. The fourth-order valence-corrected chi connectivity index (χ4v) is 2.43. The highest BCUT2D eigenvalue weighted by molar-refractivity contribution is 7.92. The van der Waals surface area contributed by atoms with Crippen LogP contribution in [0.5, 0.6) is 0 Å². The van der Waals surface area contributed by atoms with Crippen molar-refractivity contribution in [2.45, 2.75) is 18.2 Å². The molecular weight excluding hydrogens is 280 g/mol. The number of sulfonamides is 1. The number of aryl methyl sites for hydroxylation is 1. The molecule has 0 aliphatic rings. The van der Waals surface area contributed by atoms with E-state index in [9.17, 15) is 17.2 Å². The zero-order valence-corrected chi connectivity index (χ0v) is 10.5. The van der Waals surface area contributed by atoms with Crippen LogP contribution < -0.4 is 4.72 Å². The maximum Gasteiger partial charge on any atom is 0.277 e. The van der Waals surface area contributed by atoms with Crippen LogP contribution in [0.1, 0.15) is 12.8 Å². The van der Waals surface area contributed by atoms with Crippen molar-refractivity contribution in [1.29, 1.82) is 0 Å². The molecule has 0 spiro atoms. The Labute approximate surface area is 107 Å². The number of anilines is 1. The Morgan fingerprint density at radius 3 is 2.47 bits per heavy atom. The van der Waals surface area contributed by atoms with Crippen molar-refractivity contribution in [3.05, 3.63) is 35.7 Å². The lowest BCUT2D eigenvalue weighted by Gasteiger charge is -2.05. The first-order chi connectivity index (χ1) is 8.94. The standard InChI is InChI=1S/C10H9F2N3O3S/c1-2-8-13-10(14-18-8)15-19(16,17)9-6(11)4-3-5-7(9)12/h3-5H,2H2,1H3,(H,14,15). The first kappa shape index (κ1) is 13.4. The second-order valence-electron chi connectivity index (χ2n) is 3.52. The van der Waals surface area contributed by atoms with Gasteiger partial charge in [-0.1, -0.05) is 13.0 Å². The molecule has 1 heterocycles. The Balaban J connectivity index is 2.38. The molecule has 0 amide bonds. The van der Waals surface area contributed by atoms with E-state index in [1.807, 2.05) is 4.72 Å². The second kappa shape index (κ2) is 4.92. The van der Waals surface area contributed by atoms with Gasteiger partial charge in [0.15, 0.2) is 4.90 Å². The van der Waals surface area contributed by atoms with Crippen LogP contribution in [-0.2, 0) is 16.4 Å². The summed E-state index contributed by atoms with van der Waals surface area (Å²) in [6.07, 6.45) is 0.406. The van der Waals surface area contributed by atoms with Crippen LogP contribution in [0.15, 0.2) is 27.6 Å². The number of aromatic nitrogens is 2. The molecule has 2 aromatic rings. The minimum atomic E-state index is -4.45. The molecule has 0 atom stereocenters. The summed E-state index contributed by atoms with van der Waals surface area (Å²) in [7, 11) is -4.45. The SMILES string of the molecule is CCc1nc(NS(=O)(=O)c2c(F)cccc2F)no1. The van der Waals surface area contributed by atoms with E-state index in [0.717, 1.165) is 18.2 Å². The maximum absolute atomic E-state index is 13.4. The molecule has 0 aliphatic carbocycles. The molecule has 6 nitrogen and oxygen atoms in total. The molecule has 2 rings (SSSR count). The smallest absolute Gasteiger partial charge is 0.277 e. The number of nitrogens with zero attached hydrogens (tertiary/aromatic N) is 2. The van der Waals surface area contributed by atoms with Crippen molar-refractivity contribution in [2.75, 3.05) is 4.72 Å². The van der Waals surface area contributed by atoms with E-state index in [-0.39, 0.29) is 11.8 Å². The van der Waals surface area contributed by atoms with Crippen molar-refractivity contribution >= 4 is 16.0 Å². The Morgan fingerprint density at radius 2 is 1.95 bits per heavy atom. The zero-order chi connectivity index (χ0) is 14.0. The Kier molecular flexibility index (Phi) is 3.47. The van der Waals surface area contributed by atoms with Gasteiger partial charge in [0.05, 0.1) is 0 Å². The molecule has 19 heavy (non-hydrogen) atoms. The molecule has 9 heteroatoms. The van der Waals surface area contributed by atoms with Gasteiger partial charge in [-0.15, -0.1) is 0 Å². The van der Waals surface area contributed by atoms with Crippen molar-refractivity contribution in [2.24, 2.45) is 0 Å². The largest absolute Gasteiger partial charge is 0.337 e. The van der Waals surface area contributed by atoms with E-state index in [4.69, 9.17) is 0 Å². The van der Waals surface area contributed by atoms with Crippen molar-refractivity contribution in [3.8, 4) is 0 Å². The Hall–Kier alpha value is -2.03. The second-order valence-corrected chi connectivity index (χ2v) is 5.14. The van der Waals surface area contributed by atoms with Crippen LogP contribution >= 0.6 is 0 Å². The zero-order valence-electron chi connectivity index (χ0n) is 9.72. The number of hydrogen-bond acceptors (Lipinski definition) is 5. The number of nitrogens with one attached hydrogen (secondary N) is 1. The lowest BCUT2D eigenvalue weighted by molar-refractivity contribution is 0.383. The van der Waals surface area contributed by atoms with E-state index in [2.05, 4.69) is 14.7 Å². The lowest BCUT2D eigenvalue weighted by atomic mass is 10.3. The Morgan fingerprint density at radius 1 is 1.32 bits per heavy atom. The summed E-state index contributed by atoms with van der Waals surface area (Å²) in [5, 5.41) is 3.34. The highest BCUT2D eigenvalue weighted by Crippen LogP contribution is 2.20. The molecule has 0 bridgehead atoms. The van der Waals surface area contributed by atoms with Gasteiger partial charge in [0.1, 0.15) is 11.6 Å². The molecule has 0 saturated heterocycles. The van der Waals surface area contributed by atoms with Crippen molar-refractivity contribution < 1.29 is 21.7 Å². The van der Waals surface area contributed by atoms with Gasteiger partial charge < -0.3 is 4.52 Å². The highest BCUT2D eigenvalue weighted by atomic mass is 32.2. The summed E-state index contributed by atoms with van der Waals surface area (Å²) < 4.78 is 57.0. The third-order valence-electron chi connectivity index (χ3n) is 2.18. The van der Waals surface area contributed by atoms with E-state index >= 15 is 0 Å². The van der Waals surface area contributed by atoms with Crippen LogP contribution in [0, 0.1) is 11.6 Å². The highest BCUT2D eigenvalue weighted by Gasteiger charge is 2.25. The normalized spacial score (nSPS) is 11.5. The van der Waals surface area contributed by atoms with Gasteiger partial charge in [-0.25, -0.2) is 21.9 Å². The summed E-state index contributed by atoms with van der Waals surface area (Å²) in [5.41, 5.74) is 0.